The second-order valence-electron chi connectivity index (χ2n) is 6.16. The molecule has 8 heteroatoms. The van der Waals surface area contributed by atoms with Crippen molar-refractivity contribution in [1.82, 2.24) is 4.31 Å². The summed E-state index contributed by atoms with van der Waals surface area (Å²) < 4.78 is 37.4. The number of sulfonamides is 1. The highest BCUT2D eigenvalue weighted by Crippen LogP contribution is 2.24. The van der Waals surface area contributed by atoms with E-state index in [2.05, 4.69) is 0 Å². The first-order chi connectivity index (χ1) is 12.9. The van der Waals surface area contributed by atoms with Crippen LogP contribution >= 0.6 is 11.6 Å². The lowest BCUT2D eigenvalue weighted by Crippen LogP contribution is -2.40. The number of carbonyl (C=O) groups is 1. The van der Waals surface area contributed by atoms with Crippen LogP contribution < -0.4 is 0 Å². The average molecular weight is 410 g/mol. The van der Waals surface area contributed by atoms with E-state index in [-0.39, 0.29) is 35.2 Å². The second-order valence-corrected chi connectivity index (χ2v) is 8.51. The van der Waals surface area contributed by atoms with E-state index in [0.29, 0.717) is 13.2 Å². The summed E-state index contributed by atoms with van der Waals surface area (Å²) in [6, 6.07) is 11.6. The predicted octanol–water partition coefficient (Wildman–Crippen LogP) is 3.03. The van der Waals surface area contributed by atoms with Crippen LogP contribution in [0.1, 0.15) is 21.5 Å². The monoisotopic (exact) mass is 409 g/mol. The van der Waals surface area contributed by atoms with E-state index in [1.165, 1.54) is 22.5 Å². The van der Waals surface area contributed by atoms with Crippen molar-refractivity contribution in [1.29, 1.82) is 0 Å². The summed E-state index contributed by atoms with van der Waals surface area (Å²) in [5.74, 6) is -0.665. The first-order valence-corrected chi connectivity index (χ1v) is 10.3. The van der Waals surface area contributed by atoms with Gasteiger partial charge < -0.3 is 9.47 Å². The third-order valence-electron chi connectivity index (χ3n) is 4.39. The summed E-state index contributed by atoms with van der Waals surface area (Å²) in [5.41, 5.74) is 1.90. The van der Waals surface area contributed by atoms with Gasteiger partial charge in [-0.1, -0.05) is 35.9 Å². The summed E-state index contributed by atoms with van der Waals surface area (Å²) >= 11 is 6.11. The minimum absolute atomic E-state index is 0.0108. The van der Waals surface area contributed by atoms with Crippen molar-refractivity contribution in [3.8, 4) is 0 Å². The summed E-state index contributed by atoms with van der Waals surface area (Å²) in [7, 11) is -3.72. The summed E-state index contributed by atoms with van der Waals surface area (Å²) in [6.45, 7) is 3.25. The molecule has 2 aromatic carbocycles. The predicted molar refractivity (Wildman–Crippen MR) is 101 cm³/mol. The molecule has 0 N–H and O–H groups in total. The second kappa shape index (κ2) is 8.39. The van der Waals surface area contributed by atoms with Gasteiger partial charge in [0, 0.05) is 13.1 Å². The largest absolute Gasteiger partial charge is 0.457 e. The van der Waals surface area contributed by atoms with E-state index in [4.69, 9.17) is 21.1 Å². The van der Waals surface area contributed by atoms with E-state index < -0.39 is 16.0 Å². The van der Waals surface area contributed by atoms with E-state index in [1.807, 2.05) is 31.2 Å². The van der Waals surface area contributed by atoms with Crippen LogP contribution in [0.25, 0.3) is 0 Å². The third kappa shape index (κ3) is 4.50. The lowest BCUT2D eigenvalue weighted by molar-refractivity contribution is 0.0472. The Morgan fingerprint density at radius 3 is 2.59 bits per heavy atom. The fourth-order valence-corrected chi connectivity index (χ4v) is 4.38. The molecule has 0 unspecified atom stereocenters. The number of halogens is 1. The Hall–Kier alpha value is -1.93. The molecule has 0 aromatic heterocycles. The molecule has 3 rings (SSSR count). The quantitative estimate of drug-likeness (QED) is 0.710. The lowest BCUT2D eigenvalue weighted by atomic mass is 10.1. The fourth-order valence-electron chi connectivity index (χ4n) is 2.75. The molecule has 0 bridgehead atoms. The SMILES string of the molecule is Cc1ccccc1COC(=O)c1cc(S(=O)(=O)N2CCOCC2)ccc1Cl. The molecule has 1 saturated heterocycles. The van der Waals surface area contributed by atoms with Gasteiger partial charge in [-0.15, -0.1) is 0 Å². The molecule has 0 aliphatic carbocycles. The molecule has 27 heavy (non-hydrogen) atoms. The molecule has 0 atom stereocenters. The van der Waals surface area contributed by atoms with Gasteiger partial charge in [0.2, 0.25) is 10.0 Å². The molecule has 2 aromatic rings. The Labute approximate surface area is 163 Å². The minimum atomic E-state index is -3.72. The highest BCUT2D eigenvalue weighted by molar-refractivity contribution is 7.89. The van der Waals surface area contributed by atoms with Crippen molar-refractivity contribution in [3.05, 3.63) is 64.2 Å². The number of aryl methyl sites for hydroxylation is 1. The smallest absolute Gasteiger partial charge is 0.340 e. The molecule has 6 nitrogen and oxygen atoms in total. The fraction of sp³-hybridized carbons (Fsp3) is 0.316. The van der Waals surface area contributed by atoms with Gasteiger partial charge in [0.05, 0.1) is 28.7 Å². The third-order valence-corrected chi connectivity index (χ3v) is 6.61. The average Bonchev–Trinajstić information content (AvgIpc) is 2.68. The number of morpholine rings is 1. The van der Waals surface area contributed by atoms with Gasteiger partial charge in [0.25, 0.3) is 0 Å². The number of esters is 1. The first-order valence-electron chi connectivity index (χ1n) is 8.48. The van der Waals surface area contributed by atoms with Gasteiger partial charge in [-0.3, -0.25) is 0 Å². The number of nitrogens with zero attached hydrogens (tertiary/aromatic N) is 1. The number of ether oxygens (including phenoxy) is 2. The van der Waals surface area contributed by atoms with Crippen LogP contribution in [0.2, 0.25) is 5.02 Å². The molecule has 1 aliphatic heterocycles. The van der Waals surface area contributed by atoms with E-state index >= 15 is 0 Å². The van der Waals surface area contributed by atoms with Crippen LogP contribution in [0.4, 0.5) is 0 Å². The van der Waals surface area contributed by atoms with E-state index in [0.717, 1.165) is 11.1 Å². The highest BCUT2D eigenvalue weighted by atomic mass is 35.5. The molecule has 0 radical (unpaired) electrons. The molecular formula is C19H20ClNO5S. The van der Waals surface area contributed by atoms with Crippen molar-refractivity contribution < 1.29 is 22.7 Å². The highest BCUT2D eigenvalue weighted by Gasteiger charge is 2.27. The minimum Gasteiger partial charge on any atom is -0.457 e. The Morgan fingerprint density at radius 1 is 1.19 bits per heavy atom. The Kier molecular flexibility index (Phi) is 6.16. The van der Waals surface area contributed by atoms with Crippen LogP contribution in [0, 0.1) is 6.92 Å². The topological polar surface area (TPSA) is 72.9 Å². The molecule has 1 fully saturated rings. The maximum absolute atomic E-state index is 12.8. The normalized spacial score (nSPS) is 15.5. The Bertz CT molecular complexity index is 939. The van der Waals surface area contributed by atoms with Crippen molar-refractivity contribution in [3.63, 3.8) is 0 Å². The number of rotatable bonds is 5. The van der Waals surface area contributed by atoms with Crippen LogP contribution in [-0.4, -0.2) is 45.0 Å². The first kappa shape index (κ1) is 19.8. The molecule has 144 valence electrons. The maximum Gasteiger partial charge on any atom is 0.340 e. The van der Waals surface area contributed by atoms with E-state index in [9.17, 15) is 13.2 Å². The standard InChI is InChI=1S/C19H20ClNO5S/c1-14-4-2-3-5-15(14)13-26-19(22)17-12-16(6-7-18(17)20)27(23,24)21-8-10-25-11-9-21/h2-7,12H,8-11,13H2,1H3. The van der Waals surface area contributed by atoms with Gasteiger partial charge in [-0.2, -0.15) is 4.31 Å². The zero-order chi connectivity index (χ0) is 19.4. The van der Waals surface area contributed by atoms with Crippen LogP contribution in [0.3, 0.4) is 0 Å². The number of hydrogen-bond acceptors (Lipinski definition) is 5. The Balaban J connectivity index is 1.80. The van der Waals surface area contributed by atoms with Gasteiger partial charge in [0.15, 0.2) is 0 Å². The van der Waals surface area contributed by atoms with Crippen LogP contribution in [0.5, 0.6) is 0 Å². The lowest BCUT2D eigenvalue weighted by Gasteiger charge is -2.26. The van der Waals surface area contributed by atoms with Crippen molar-refractivity contribution >= 4 is 27.6 Å². The Morgan fingerprint density at radius 2 is 1.89 bits per heavy atom. The van der Waals surface area contributed by atoms with E-state index in [1.54, 1.807) is 0 Å². The van der Waals surface area contributed by atoms with Crippen molar-refractivity contribution in [2.45, 2.75) is 18.4 Å². The van der Waals surface area contributed by atoms with Crippen LogP contribution in [0.15, 0.2) is 47.4 Å². The number of hydrogen-bond donors (Lipinski definition) is 0. The van der Waals surface area contributed by atoms with Crippen molar-refractivity contribution in [2.24, 2.45) is 0 Å². The summed E-state index contributed by atoms with van der Waals surface area (Å²) in [4.78, 5) is 12.5. The van der Waals surface area contributed by atoms with Crippen molar-refractivity contribution in [2.75, 3.05) is 26.3 Å². The number of benzene rings is 2. The molecule has 1 aliphatic rings. The molecule has 0 spiro atoms. The van der Waals surface area contributed by atoms with Gasteiger partial charge in [0.1, 0.15) is 6.61 Å². The summed E-state index contributed by atoms with van der Waals surface area (Å²) in [5, 5.41) is 0.144. The number of carbonyl (C=O) groups excluding carboxylic acids is 1. The molecule has 0 saturated carbocycles. The maximum atomic E-state index is 12.8. The van der Waals surface area contributed by atoms with Gasteiger partial charge in [-0.05, 0) is 36.2 Å². The molecule has 0 amide bonds. The van der Waals surface area contributed by atoms with Crippen LogP contribution in [-0.2, 0) is 26.1 Å². The van der Waals surface area contributed by atoms with Gasteiger partial charge >= 0.3 is 5.97 Å². The molecular weight excluding hydrogens is 390 g/mol. The zero-order valence-corrected chi connectivity index (χ0v) is 16.4. The summed E-state index contributed by atoms with van der Waals surface area (Å²) in [6.07, 6.45) is 0. The van der Waals surface area contributed by atoms with Gasteiger partial charge in [-0.25, -0.2) is 13.2 Å². The molecule has 1 heterocycles. The zero-order valence-electron chi connectivity index (χ0n) is 14.9.